The highest BCUT2D eigenvalue weighted by atomic mass is 19.1. The second-order valence-electron chi connectivity index (χ2n) is 4.60. The Kier molecular flexibility index (Phi) is 5.28. The van der Waals surface area contributed by atoms with Crippen molar-refractivity contribution < 1.29 is 9.18 Å². The molecule has 1 rings (SSSR count). The van der Waals surface area contributed by atoms with Crippen molar-refractivity contribution in [1.29, 1.82) is 0 Å². The van der Waals surface area contributed by atoms with Gasteiger partial charge in [0.25, 0.3) is 5.91 Å². The van der Waals surface area contributed by atoms with E-state index in [9.17, 15) is 9.18 Å². The van der Waals surface area contributed by atoms with Gasteiger partial charge in [-0.3, -0.25) is 4.79 Å². The fourth-order valence-electron chi connectivity index (χ4n) is 1.83. The first-order chi connectivity index (χ1) is 8.56. The van der Waals surface area contributed by atoms with E-state index >= 15 is 0 Å². The average molecular weight is 252 g/mol. The molecule has 0 spiro atoms. The maximum atomic E-state index is 12.7. The number of benzene rings is 1. The van der Waals surface area contributed by atoms with E-state index in [1.165, 1.54) is 24.3 Å². The first-order valence-corrected chi connectivity index (χ1v) is 6.30. The summed E-state index contributed by atoms with van der Waals surface area (Å²) in [6, 6.07) is 5.52. The molecule has 0 aliphatic rings. The Morgan fingerprint density at radius 2 is 1.83 bits per heavy atom. The van der Waals surface area contributed by atoms with Crippen LogP contribution in [0.3, 0.4) is 0 Å². The van der Waals surface area contributed by atoms with Crippen molar-refractivity contribution in [3.05, 3.63) is 35.6 Å². The summed E-state index contributed by atoms with van der Waals surface area (Å²) in [6.07, 6.45) is 1.84. The molecule has 0 atom stereocenters. The zero-order chi connectivity index (χ0) is 13.6. The third-order valence-corrected chi connectivity index (χ3v) is 3.66. The van der Waals surface area contributed by atoms with Crippen LogP contribution >= 0.6 is 0 Å². The number of carbonyl (C=O) groups is 1. The van der Waals surface area contributed by atoms with Gasteiger partial charge in [0.05, 0.1) is 0 Å². The SMILES string of the molecule is CCC(CC)(CN)CNC(=O)c1ccc(F)cc1. The van der Waals surface area contributed by atoms with Crippen LogP contribution in [0.2, 0.25) is 0 Å². The van der Waals surface area contributed by atoms with E-state index in [0.29, 0.717) is 18.7 Å². The Labute approximate surface area is 108 Å². The zero-order valence-corrected chi connectivity index (χ0v) is 11.0. The lowest BCUT2D eigenvalue weighted by Crippen LogP contribution is -2.41. The molecule has 0 saturated carbocycles. The molecule has 0 fully saturated rings. The molecule has 1 aromatic carbocycles. The lowest BCUT2D eigenvalue weighted by Gasteiger charge is -2.30. The number of hydrogen-bond acceptors (Lipinski definition) is 2. The third-order valence-electron chi connectivity index (χ3n) is 3.66. The van der Waals surface area contributed by atoms with E-state index in [0.717, 1.165) is 12.8 Å². The Bertz CT molecular complexity index is 377. The summed E-state index contributed by atoms with van der Waals surface area (Å²) < 4.78 is 12.7. The molecule has 0 saturated heterocycles. The Balaban J connectivity index is 2.63. The molecule has 0 aliphatic carbocycles. The van der Waals surface area contributed by atoms with Gasteiger partial charge in [-0.2, -0.15) is 0 Å². The quantitative estimate of drug-likeness (QED) is 0.816. The molecule has 0 heterocycles. The maximum absolute atomic E-state index is 12.7. The van der Waals surface area contributed by atoms with E-state index in [1.807, 2.05) is 0 Å². The van der Waals surface area contributed by atoms with Crippen LogP contribution in [0.1, 0.15) is 37.0 Å². The summed E-state index contributed by atoms with van der Waals surface area (Å²) in [5.74, 6) is -0.528. The van der Waals surface area contributed by atoms with Crippen LogP contribution in [-0.2, 0) is 0 Å². The molecule has 3 nitrogen and oxygen atoms in total. The number of hydrogen-bond donors (Lipinski definition) is 2. The third kappa shape index (κ3) is 3.53. The van der Waals surface area contributed by atoms with Crippen molar-refractivity contribution in [2.75, 3.05) is 13.1 Å². The zero-order valence-electron chi connectivity index (χ0n) is 11.0. The van der Waals surface area contributed by atoms with Crippen molar-refractivity contribution in [2.45, 2.75) is 26.7 Å². The standard InChI is InChI=1S/C14H21FN2O/c1-3-14(4-2,9-16)10-17-13(18)11-5-7-12(15)8-6-11/h5-8H,3-4,9-10,16H2,1-2H3,(H,17,18). The molecule has 0 bridgehead atoms. The fraction of sp³-hybridized carbons (Fsp3) is 0.500. The molecule has 0 unspecified atom stereocenters. The molecule has 1 amide bonds. The molecular formula is C14H21FN2O. The normalized spacial score (nSPS) is 11.3. The van der Waals surface area contributed by atoms with Crippen LogP contribution in [0.4, 0.5) is 4.39 Å². The van der Waals surface area contributed by atoms with E-state index in [-0.39, 0.29) is 17.1 Å². The number of carbonyl (C=O) groups excluding carboxylic acids is 1. The smallest absolute Gasteiger partial charge is 0.251 e. The number of amides is 1. The molecule has 4 heteroatoms. The first kappa shape index (κ1) is 14.6. The highest BCUT2D eigenvalue weighted by Gasteiger charge is 2.25. The second kappa shape index (κ2) is 6.50. The van der Waals surface area contributed by atoms with E-state index < -0.39 is 0 Å². The fourth-order valence-corrected chi connectivity index (χ4v) is 1.83. The highest BCUT2D eigenvalue weighted by molar-refractivity contribution is 5.94. The van der Waals surface area contributed by atoms with E-state index in [1.54, 1.807) is 0 Å². The van der Waals surface area contributed by atoms with Gasteiger partial charge in [-0.1, -0.05) is 13.8 Å². The monoisotopic (exact) mass is 252 g/mol. The largest absolute Gasteiger partial charge is 0.351 e. The minimum atomic E-state index is -0.343. The first-order valence-electron chi connectivity index (χ1n) is 6.30. The van der Waals surface area contributed by atoms with Gasteiger partial charge in [0.2, 0.25) is 0 Å². The van der Waals surface area contributed by atoms with Crippen molar-refractivity contribution in [3.8, 4) is 0 Å². The Morgan fingerprint density at radius 1 is 1.28 bits per heavy atom. The van der Waals surface area contributed by atoms with Crippen molar-refractivity contribution in [2.24, 2.45) is 11.1 Å². The molecule has 1 aromatic rings. The molecule has 3 N–H and O–H groups in total. The average Bonchev–Trinajstić information content (AvgIpc) is 2.41. The summed E-state index contributed by atoms with van der Waals surface area (Å²) in [5, 5.41) is 2.87. The van der Waals surface area contributed by atoms with Crippen molar-refractivity contribution in [1.82, 2.24) is 5.32 Å². The highest BCUT2D eigenvalue weighted by Crippen LogP contribution is 2.23. The number of nitrogens with two attached hydrogens (primary N) is 1. The van der Waals surface area contributed by atoms with Gasteiger partial charge < -0.3 is 11.1 Å². The van der Waals surface area contributed by atoms with E-state index in [2.05, 4.69) is 19.2 Å². The molecular weight excluding hydrogens is 231 g/mol. The van der Waals surface area contributed by atoms with Crippen LogP contribution < -0.4 is 11.1 Å². The topological polar surface area (TPSA) is 55.1 Å². The molecule has 100 valence electrons. The predicted molar refractivity (Wildman–Crippen MR) is 70.8 cm³/mol. The summed E-state index contributed by atoms with van der Waals surface area (Å²) in [7, 11) is 0. The number of nitrogens with one attached hydrogen (secondary N) is 1. The Hall–Kier alpha value is -1.42. The van der Waals surface area contributed by atoms with Crippen molar-refractivity contribution >= 4 is 5.91 Å². The summed E-state index contributed by atoms with van der Waals surface area (Å²) >= 11 is 0. The van der Waals surface area contributed by atoms with Gasteiger partial charge in [-0.25, -0.2) is 4.39 Å². The van der Waals surface area contributed by atoms with Crippen LogP contribution in [0.15, 0.2) is 24.3 Å². The number of rotatable bonds is 6. The Morgan fingerprint density at radius 3 is 2.28 bits per heavy atom. The van der Waals surface area contributed by atoms with Gasteiger partial charge >= 0.3 is 0 Å². The summed E-state index contributed by atoms with van der Waals surface area (Å²) in [4.78, 5) is 11.9. The molecule has 0 radical (unpaired) electrons. The van der Waals surface area contributed by atoms with Crippen LogP contribution in [0, 0.1) is 11.2 Å². The van der Waals surface area contributed by atoms with Crippen molar-refractivity contribution in [3.63, 3.8) is 0 Å². The molecule has 18 heavy (non-hydrogen) atoms. The molecule has 0 aromatic heterocycles. The minimum Gasteiger partial charge on any atom is -0.351 e. The van der Waals surface area contributed by atoms with Gasteiger partial charge in [0.15, 0.2) is 0 Å². The van der Waals surface area contributed by atoms with Crippen LogP contribution in [0.25, 0.3) is 0 Å². The lowest BCUT2D eigenvalue weighted by molar-refractivity contribution is 0.0928. The number of halogens is 1. The second-order valence-corrected chi connectivity index (χ2v) is 4.60. The predicted octanol–water partition coefficient (Wildman–Crippen LogP) is 2.32. The van der Waals surface area contributed by atoms with Crippen LogP contribution in [0.5, 0.6) is 0 Å². The van der Waals surface area contributed by atoms with Crippen LogP contribution in [-0.4, -0.2) is 19.0 Å². The summed E-state index contributed by atoms with van der Waals surface area (Å²) in [6.45, 7) is 5.23. The minimum absolute atomic E-state index is 0.0459. The van der Waals surface area contributed by atoms with Gasteiger partial charge in [0.1, 0.15) is 5.82 Å². The molecule has 0 aliphatic heterocycles. The summed E-state index contributed by atoms with van der Waals surface area (Å²) in [5.41, 5.74) is 6.19. The van der Waals surface area contributed by atoms with E-state index in [4.69, 9.17) is 5.73 Å². The lowest BCUT2D eigenvalue weighted by atomic mass is 9.82. The van der Waals surface area contributed by atoms with Gasteiger partial charge in [-0.05, 0) is 49.1 Å². The maximum Gasteiger partial charge on any atom is 0.251 e. The van der Waals surface area contributed by atoms with Gasteiger partial charge in [0, 0.05) is 12.1 Å². The van der Waals surface area contributed by atoms with Gasteiger partial charge in [-0.15, -0.1) is 0 Å².